The number of primary amides is 1. The van der Waals surface area contributed by atoms with E-state index in [1.165, 1.54) is 103 Å². The minimum Gasteiger partial charge on any atom is -0.481 e. The van der Waals surface area contributed by atoms with Crippen molar-refractivity contribution in [1.82, 2.24) is 0 Å². The molecule has 0 saturated heterocycles. The first kappa shape index (κ1) is 30.9. The maximum Gasteiger partial charge on any atom is 0.307 e. The summed E-state index contributed by atoms with van der Waals surface area (Å²) in [5, 5.41) is 9.54. The summed E-state index contributed by atoms with van der Waals surface area (Å²) >= 11 is 0. The predicted molar refractivity (Wildman–Crippen MR) is 137 cm³/mol. The Morgan fingerprint density at radius 1 is 0.656 bits per heavy atom. The Bertz CT molecular complexity index is 452. The van der Waals surface area contributed by atoms with Crippen molar-refractivity contribution in [3.8, 4) is 0 Å². The van der Waals surface area contributed by atoms with Crippen LogP contribution in [0.1, 0.15) is 149 Å². The van der Waals surface area contributed by atoms with E-state index in [1.807, 2.05) is 6.92 Å². The van der Waals surface area contributed by atoms with Gasteiger partial charge < -0.3 is 10.8 Å². The third-order valence-electron chi connectivity index (χ3n) is 7.23. The minimum atomic E-state index is -0.884. The molecule has 0 bridgehead atoms. The van der Waals surface area contributed by atoms with E-state index in [-0.39, 0.29) is 5.92 Å². The Labute approximate surface area is 199 Å². The van der Waals surface area contributed by atoms with Crippen molar-refractivity contribution in [2.45, 2.75) is 149 Å². The van der Waals surface area contributed by atoms with Gasteiger partial charge in [-0.25, -0.2) is 0 Å². The number of rotatable bonds is 24. The summed E-state index contributed by atoms with van der Waals surface area (Å²) in [6.07, 6.45) is 26.0. The van der Waals surface area contributed by atoms with Gasteiger partial charge in [-0.15, -0.1) is 0 Å². The Morgan fingerprint density at radius 2 is 1.00 bits per heavy atom. The average Bonchev–Trinajstić information content (AvgIpc) is 2.76. The molecule has 32 heavy (non-hydrogen) atoms. The van der Waals surface area contributed by atoms with Crippen LogP contribution in [-0.2, 0) is 9.59 Å². The molecular weight excluding hydrogens is 398 g/mol. The van der Waals surface area contributed by atoms with Gasteiger partial charge in [0.1, 0.15) is 0 Å². The highest BCUT2D eigenvalue weighted by molar-refractivity contribution is 5.83. The molecule has 0 spiro atoms. The molecule has 0 aliphatic heterocycles. The number of aliphatic carboxylic acids is 1. The van der Waals surface area contributed by atoms with Crippen LogP contribution in [0.3, 0.4) is 0 Å². The van der Waals surface area contributed by atoms with Crippen LogP contribution in [0.4, 0.5) is 0 Å². The second kappa shape index (κ2) is 21.8. The molecule has 3 atom stereocenters. The van der Waals surface area contributed by atoms with E-state index in [9.17, 15) is 14.7 Å². The summed E-state index contributed by atoms with van der Waals surface area (Å²) in [5.41, 5.74) is 5.36. The van der Waals surface area contributed by atoms with Gasteiger partial charge in [0.25, 0.3) is 0 Å². The Morgan fingerprint density at radius 3 is 1.28 bits per heavy atom. The van der Waals surface area contributed by atoms with Crippen molar-refractivity contribution in [3.05, 3.63) is 0 Å². The Hall–Kier alpha value is -1.06. The SMILES string of the molecule is CCCCCCCCCCCCCCCCCCCCC(CC)C(C(=O)O)C(C)C(N)=O. The Kier molecular flexibility index (Phi) is 21.0. The molecule has 4 nitrogen and oxygen atoms in total. The monoisotopic (exact) mass is 453 g/mol. The molecule has 0 saturated carbocycles. The maximum atomic E-state index is 11.6. The largest absolute Gasteiger partial charge is 0.481 e. The van der Waals surface area contributed by atoms with E-state index in [2.05, 4.69) is 6.92 Å². The summed E-state index contributed by atoms with van der Waals surface area (Å²) in [7, 11) is 0. The van der Waals surface area contributed by atoms with Crippen molar-refractivity contribution in [2.75, 3.05) is 0 Å². The molecule has 190 valence electrons. The van der Waals surface area contributed by atoms with E-state index in [4.69, 9.17) is 5.73 Å². The minimum absolute atomic E-state index is 0.0380. The molecule has 0 aromatic carbocycles. The van der Waals surface area contributed by atoms with Crippen LogP contribution >= 0.6 is 0 Å². The molecule has 0 aliphatic carbocycles. The summed E-state index contributed by atoms with van der Waals surface area (Å²) < 4.78 is 0. The number of unbranched alkanes of at least 4 members (excludes halogenated alkanes) is 17. The van der Waals surface area contributed by atoms with E-state index in [0.717, 1.165) is 25.7 Å². The standard InChI is InChI=1S/C28H55NO3/c1-4-6-7-8-9-10-11-12-13-14-15-16-17-18-19-20-21-22-23-25(5-2)26(28(31)32)24(3)27(29)30/h24-26H,4-23H2,1-3H3,(H2,29,30)(H,31,32). The van der Waals surface area contributed by atoms with Gasteiger partial charge in [0, 0.05) is 5.92 Å². The molecule has 0 aliphatic rings. The smallest absolute Gasteiger partial charge is 0.307 e. The van der Waals surface area contributed by atoms with Crippen LogP contribution < -0.4 is 5.73 Å². The lowest BCUT2D eigenvalue weighted by atomic mass is 9.78. The molecule has 3 N–H and O–H groups in total. The maximum absolute atomic E-state index is 11.6. The fourth-order valence-corrected chi connectivity index (χ4v) is 4.95. The van der Waals surface area contributed by atoms with Gasteiger partial charge in [0.05, 0.1) is 5.92 Å². The summed E-state index contributed by atoms with van der Waals surface area (Å²) in [6, 6.07) is 0. The van der Waals surface area contributed by atoms with Gasteiger partial charge in [0.15, 0.2) is 0 Å². The van der Waals surface area contributed by atoms with Crippen molar-refractivity contribution < 1.29 is 14.7 Å². The van der Waals surface area contributed by atoms with Crippen molar-refractivity contribution in [2.24, 2.45) is 23.5 Å². The van der Waals surface area contributed by atoms with E-state index < -0.39 is 23.7 Å². The van der Waals surface area contributed by atoms with Gasteiger partial charge in [-0.3, -0.25) is 9.59 Å². The first-order valence-electron chi connectivity index (χ1n) is 14.0. The third-order valence-corrected chi connectivity index (χ3v) is 7.23. The summed E-state index contributed by atoms with van der Waals surface area (Å²) in [6.45, 7) is 5.95. The molecule has 4 heteroatoms. The lowest BCUT2D eigenvalue weighted by Crippen LogP contribution is -2.37. The van der Waals surface area contributed by atoms with E-state index in [1.54, 1.807) is 6.92 Å². The quantitative estimate of drug-likeness (QED) is 0.144. The number of amides is 1. The number of carbonyl (C=O) groups is 2. The highest BCUT2D eigenvalue weighted by atomic mass is 16.4. The zero-order valence-corrected chi connectivity index (χ0v) is 21.7. The molecule has 0 radical (unpaired) electrons. The van der Waals surface area contributed by atoms with E-state index >= 15 is 0 Å². The molecule has 3 unspecified atom stereocenters. The molecule has 1 amide bonds. The molecule has 0 aromatic rings. The second-order valence-corrected chi connectivity index (χ2v) is 10.0. The van der Waals surface area contributed by atoms with Crippen LogP contribution in [0.2, 0.25) is 0 Å². The molecule has 0 aromatic heterocycles. The van der Waals surface area contributed by atoms with Gasteiger partial charge in [0.2, 0.25) is 5.91 Å². The fraction of sp³-hybridized carbons (Fsp3) is 0.929. The van der Waals surface area contributed by atoms with Gasteiger partial charge in [-0.05, 0) is 12.3 Å². The van der Waals surface area contributed by atoms with Crippen LogP contribution in [-0.4, -0.2) is 17.0 Å². The number of carboxylic acids is 1. The van der Waals surface area contributed by atoms with Crippen molar-refractivity contribution in [3.63, 3.8) is 0 Å². The van der Waals surface area contributed by atoms with Gasteiger partial charge in [-0.1, -0.05) is 143 Å². The second-order valence-electron chi connectivity index (χ2n) is 10.0. The Balaban J connectivity index is 3.56. The zero-order chi connectivity index (χ0) is 24.0. The van der Waals surface area contributed by atoms with E-state index in [0.29, 0.717) is 0 Å². The third kappa shape index (κ3) is 16.6. The highest BCUT2D eigenvalue weighted by Gasteiger charge is 2.34. The van der Waals surface area contributed by atoms with Crippen LogP contribution in [0.15, 0.2) is 0 Å². The summed E-state index contributed by atoms with van der Waals surface area (Å²) in [4.78, 5) is 23.1. The number of hydrogen-bond donors (Lipinski definition) is 2. The average molecular weight is 454 g/mol. The molecule has 0 heterocycles. The van der Waals surface area contributed by atoms with Crippen LogP contribution in [0, 0.1) is 17.8 Å². The molecule has 0 fully saturated rings. The highest BCUT2D eigenvalue weighted by Crippen LogP contribution is 2.29. The summed E-state index contributed by atoms with van der Waals surface area (Å²) in [5.74, 6) is -2.61. The normalized spacial score (nSPS) is 14.2. The van der Waals surface area contributed by atoms with Gasteiger partial charge >= 0.3 is 5.97 Å². The number of hydrogen-bond acceptors (Lipinski definition) is 2. The zero-order valence-electron chi connectivity index (χ0n) is 21.7. The van der Waals surface area contributed by atoms with Crippen LogP contribution in [0.5, 0.6) is 0 Å². The van der Waals surface area contributed by atoms with Crippen molar-refractivity contribution >= 4 is 11.9 Å². The van der Waals surface area contributed by atoms with Crippen LogP contribution in [0.25, 0.3) is 0 Å². The first-order valence-corrected chi connectivity index (χ1v) is 14.0. The topological polar surface area (TPSA) is 80.4 Å². The molecule has 0 rings (SSSR count). The fourth-order valence-electron chi connectivity index (χ4n) is 4.95. The molecular formula is C28H55NO3. The lowest BCUT2D eigenvalue weighted by molar-refractivity contribution is -0.149. The number of carboxylic acid groups (broad SMARTS) is 1. The number of carbonyl (C=O) groups excluding carboxylic acids is 1. The predicted octanol–water partition coefficient (Wildman–Crippen LogP) is 8.27. The van der Waals surface area contributed by atoms with Gasteiger partial charge in [-0.2, -0.15) is 0 Å². The van der Waals surface area contributed by atoms with Crippen molar-refractivity contribution in [1.29, 1.82) is 0 Å². The number of nitrogens with two attached hydrogens (primary N) is 1. The first-order chi connectivity index (χ1) is 15.5. The lowest BCUT2D eigenvalue weighted by Gasteiger charge is -2.26.